The summed E-state index contributed by atoms with van der Waals surface area (Å²) in [6.45, 7) is 14.5. The Balaban J connectivity index is 1.43. The second kappa shape index (κ2) is 12.0. The van der Waals surface area contributed by atoms with Crippen molar-refractivity contribution in [1.29, 1.82) is 0 Å². The highest BCUT2D eigenvalue weighted by Crippen LogP contribution is 2.31. The zero-order chi connectivity index (χ0) is 30.1. The molecule has 3 aromatic carbocycles. The average molecular weight is 576 g/mol. The van der Waals surface area contributed by atoms with Gasteiger partial charge in [0.2, 0.25) is 0 Å². The monoisotopic (exact) mass is 575 g/mol. The van der Waals surface area contributed by atoms with Gasteiger partial charge in [0.1, 0.15) is 5.70 Å². The van der Waals surface area contributed by atoms with Crippen molar-refractivity contribution in [3.05, 3.63) is 123 Å². The van der Waals surface area contributed by atoms with Gasteiger partial charge >= 0.3 is 0 Å². The second-order valence-corrected chi connectivity index (χ2v) is 12.3. The average Bonchev–Trinajstić information content (AvgIpc) is 3.41. The van der Waals surface area contributed by atoms with Crippen LogP contribution in [0.2, 0.25) is 0 Å². The van der Waals surface area contributed by atoms with E-state index in [1.54, 1.807) is 4.90 Å². The molecule has 1 amide bonds. The van der Waals surface area contributed by atoms with Gasteiger partial charge in [-0.2, -0.15) is 0 Å². The first kappa shape index (κ1) is 29.3. The zero-order valence-electron chi connectivity index (χ0n) is 25.4. The molecule has 0 bridgehead atoms. The number of ketones is 1. The van der Waals surface area contributed by atoms with E-state index in [0.29, 0.717) is 22.3 Å². The summed E-state index contributed by atoms with van der Waals surface area (Å²) >= 11 is 1.30. The van der Waals surface area contributed by atoms with Gasteiger partial charge in [-0.1, -0.05) is 73.6 Å². The Hall–Kier alpha value is -4.16. The van der Waals surface area contributed by atoms with E-state index in [1.807, 2.05) is 69.3 Å². The summed E-state index contributed by atoms with van der Waals surface area (Å²) in [7, 11) is 0. The number of aryl methyl sites for hydroxylation is 4. The van der Waals surface area contributed by atoms with Gasteiger partial charge in [0.15, 0.2) is 11.0 Å². The molecule has 5 rings (SSSR count). The van der Waals surface area contributed by atoms with Crippen LogP contribution in [-0.2, 0) is 4.79 Å². The van der Waals surface area contributed by atoms with E-state index in [0.717, 1.165) is 33.9 Å². The number of thioether (sulfide) groups is 1. The molecule has 0 radical (unpaired) electrons. The number of aromatic nitrogens is 1. The summed E-state index contributed by atoms with van der Waals surface area (Å²) in [5, 5.41) is 0.505. The van der Waals surface area contributed by atoms with Gasteiger partial charge in [-0.05, 0) is 99.2 Å². The Morgan fingerprint density at radius 1 is 0.833 bits per heavy atom. The van der Waals surface area contributed by atoms with Gasteiger partial charge in [-0.3, -0.25) is 14.5 Å². The summed E-state index contributed by atoms with van der Waals surface area (Å²) in [5.74, 6) is 0.405. The second-order valence-electron chi connectivity index (χ2n) is 11.4. The highest BCUT2D eigenvalue weighted by Gasteiger charge is 2.32. The van der Waals surface area contributed by atoms with Gasteiger partial charge in [-0.15, -0.1) is 0 Å². The lowest BCUT2D eigenvalue weighted by Crippen LogP contribution is -2.30. The van der Waals surface area contributed by atoms with E-state index in [1.165, 1.54) is 28.5 Å². The van der Waals surface area contributed by atoms with Gasteiger partial charge in [0, 0.05) is 22.6 Å². The number of carbonyl (C=O) groups excluding carboxylic acids is 2. The number of anilines is 1. The molecule has 6 heteroatoms. The summed E-state index contributed by atoms with van der Waals surface area (Å²) < 4.78 is 2.14. The van der Waals surface area contributed by atoms with Crippen LogP contribution in [0.4, 0.5) is 5.69 Å². The van der Waals surface area contributed by atoms with E-state index in [9.17, 15) is 9.59 Å². The van der Waals surface area contributed by atoms with Crippen LogP contribution in [0.1, 0.15) is 69.3 Å². The van der Waals surface area contributed by atoms with Crippen molar-refractivity contribution >= 4 is 40.4 Å². The number of hydrogen-bond acceptors (Lipinski definition) is 4. The predicted molar refractivity (Wildman–Crippen MR) is 176 cm³/mol. The maximum Gasteiger partial charge on any atom is 0.283 e. The third-order valence-corrected chi connectivity index (χ3v) is 8.50. The standard InChI is InChI=1S/C36H37N3O2S/c1-22(2)29-12-10-28(11-13-29)20-33-35(41)39(30-14-8-23(3)9-15-30)36(37-33)42-21-34(40)32-19-26(6)38(27(32)7)31-17-24(4)16-25(5)18-31/h8-20,22H,21H2,1-7H3. The molecule has 42 heavy (non-hydrogen) atoms. The molecule has 4 aromatic rings. The van der Waals surface area contributed by atoms with Crippen molar-refractivity contribution in [2.75, 3.05) is 10.7 Å². The van der Waals surface area contributed by atoms with Crippen LogP contribution in [-0.4, -0.2) is 27.2 Å². The van der Waals surface area contributed by atoms with E-state index in [-0.39, 0.29) is 17.4 Å². The number of Topliss-reactive ketones (excluding diaryl/α,β-unsaturated/α-hetero) is 1. The number of carbonyl (C=O) groups is 2. The van der Waals surface area contributed by atoms with Crippen LogP contribution in [0.5, 0.6) is 0 Å². The predicted octanol–water partition coefficient (Wildman–Crippen LogP) is 8.50. The molecule has 1 aliphatic heterocycles. The number of aliphatic imine (C=N–C) groups is 1. The molecular formula is C36H37N3O2S. The summed E-state index contributed by atoms with van der Waals surface area (Å²) in [6, 6.07) is 24.4. The fourth-order valence-electron chi connectivity index (χ4n) is 5.38. The first-order chi connectivity index (χ1) is 20.0. The topological polar surface area (TPSA) is 54.7 Å². The highest BCUT2D eigenvalue weighted by molar-refractivity contribution is 8.14. The fraction of sp³-hybridized carbons (Fsp3) is 0.250. The number of hydrogen-bond donors (Lipinski definition) is 0. The number of amides is 1. The maximum absolute atomic E-state index is 13.7. The number of nitrogens with zero attached hydrogens (tertiary/aromatic N) is 3. The Labute approximate surface area is 253 Å². The van der Waals surface area contributed by atoms with E-state index < -0.39 is 0 Å². The van der Waals surface area contributed by atoms with Crippen LogP contribution in [0.25, 0.3) is 11.8 Å². The van der Waals surface area contributed by atoms with Gasteiger partial charge in [0.25, 0.3) is 5.91 Å². The number of amidine groups is 1. The quantitative estimate of drug-likeness (QED) is 0.164. The first-order valence-electron chi connectivity index (χ1n) is 14.3. The van der Waals surface area contributed by atoms with Crippen molar-refractivity contribution in [2.45, 2.75) is 54.4 Å². The first-order valence-corrected chi connectivity index (χ1v) is 15.3. The molecule has 0 N–H and O–H groups in total. The molecule has 0 atom stereocenters. The third-order valence-electron chi connectivity index (χ3n) is 7.56. The molecule has 0 aliphatic carbocycles. The third kappa shape index (κ3) is 6.04. The Bertz CT molecular complexity index is 1700. The molecule has 0 saturated heterocycles. The molecular weight excluding hydrogens is 538 g/mol. The smallest absolute Gasteiger partial charge is 0.283 e. The maximum atomic E-state index is 13.7. The molecule has 214 valence electrons. The van der Waals surface area contributed by atoms with Crippen LogP contribution in [0.15, 0.2) is 83.5 Å². The van der Waals surface area contributed by atoms with Gasteiger partial charge in [-0.25, -0.2) is 4.99 Å². The van der Waals surface area contributed by atoms with Gasteiger partial charge in [0.05, 0.1) is 11.4 Å². The van der Waals surface area contributed by atoms with E-state index in [4.69, 9.17) is 4.99 Å². The van der Waals surface area contributed by atoms with Crippen molar-refractivity contribution in [3.8, 4) is 5.69 Å². The Morgan fingerprint density at radius 3 is 2.10 bits per heavy atom. The van der Waals surface area contributed by atoms with Crippen molar-refractivity contribution < 1.29 is 9.59 Å². The van der Waals surface area contributed by atoms with Gasteiger partial charge < -0.3 is 4.57 Å². The van der Waals surface area contributed by atoms with E-state index >= 15 is 0 Å². The minimum Gasteiger partial charge on any atom is -0.318 e. The van der Waals surface area contributed by atoms with Crippen LogP contribution in [0, 0.1) is 34.6 Å². The van der Waals surface area contributed by atoms with Crippen LogP contribution >= 0.6 is 11.8 Å². The Morgan fingerprint density at radius 2 is 1.48 bits per heavy atom. The minimum atomic E-state index is -0.199. The molecule has 2 heterocycles. The molecule has 0 spiro atoms. The molecule has 5 nitrogen and oxygen atoms in total. The SMILES string of the molecule is Cc1ccc(N2C(=O)C(=Cc3ccc(C(C)C)cc3)N=C2SCC(=O)c2cc(C)n(-c3cc(C)cc(C)c3)c2C)cc1. The molecule has 1 aliphatic rings. The lowest BCUT2D eigenvalue weighted by atomic mass is 10.0. The van der Waals surface area contributed by atoms with Crippen molar-refractivity contribution in [1.82, 2.24) is 4.57 Å². The largest absolute Gasteiger partial charge is 0.318 e. The zero-order valence-corrected chi connectivity index (χ0v) is 26.2. The number of benzene rings is 3. The normalized spacial score (nSPS) is 14.3. The molecule has 1 aromatic heterocycles. The Kier molecular flexibility index (Phi) is 8.37. The molecule has 0 unspecified atom stereocenters. The fourth-order valence-corrected chi connectivity index (χ4v) is 6.28. The molecule has 0 fully saturated rings. The number of rotatable bonds is 7. The molecule has 0 saturated carbocycles. The lowest BCUT2D eigenvalue weighted by Gasteiger charge is -2.18. The van der Waals surface area contributed by atoms with Crippen LogP contribution in [0.3, 0.4) is 0 Å². The van der Waals surface area contributed by atoms with Crippen molar-refractivity contribution in [2.24, 2.45) is 4.99 Å². The summed E-state index contributed by atoms with van der Waals surface area (Å²) in [5.41, 5.74) is 10.4. The lowest BCUT2D eigenvalue weighted by molar-refractivity contribution is -0.113. The summed E-state index contributed by atoms with van der Waals surface area (Å²) in [4.78, 5) is 33.6. The summed E-state index contributed by atoms with van der Waals surface area (Å²) in [6.07, 6.45) is 1.82. The minimum absolute atomic E-state index is 0.00411. The highest BCUT2D eigenvalue weighted by atomic mass is 32.2. The van der Waals surface area contributed by atoms with Crippen molar-refractivity contribution in [3.63, 3.8) is 0 Å². The van der Waals surface area contributed by atoms with E-state index in [2.05, 4.69) is 62.6 Å². The van der Waals surface area contributed by atoms with Crippen LogP contribution < -0.4 is 4.90 Å².